The number of pyridine rings is 1. The normalized spacial score (nSPS) is 23.9. The van der Waals surface area contributed by atoms with E-state index in [4.69, 9.17) is 23.2 Å². The van der Waals surface area contributed by atoms with Crippen molar-refractivity contribution in [2.75, 3.05) is 29.3 Å². The number of hydrogen-bond acceptors (Lipinski definition) is 12. The smallest absolute Gasteiger partial charge is 0.417 e. The van der Waals surface area contributed by atoms with Crippen LogP contribution in [0.4, 0.5) is 41.7 Å². The molecule has 2 N–H and O–H groups in total. The van der Waals surface area contributed by atoms with Gasteiger partial charge in [-0.15, -0.1) is 6.58 Å². The molecule has 6 atom stereocenters. The number of nitro benzene ring substituents is 2. The Labute approximate surface area is 370 Å². The van der Waals surface area contributed by atoms with Gasteiger partial charge >= 0.3 is 17.6 Å². The molecular formula is C43H34Cl2F3N7O9. The molecule has 4 aliphatic rings. The number of carbonyl (C=O) groups is 4. The third-order valence-corrected chi connectivity index (χ3v) is 13.1. The van der Waals surface area contributed by atoms with Gasteiger partial charge in [-0.2, -0.15) is 18.2 Å². The summed E-state index contributed by atoms with van der Waals surface area (Å²) in [6.07, 6.45) is -1.39. The Morgan fingerprint density at radius 1 is 0.984 bits per heavy atom. The van der Waals surface area contributed by atoms with Crippen molar-refractivity contribution in [2.24, 2.45) is 23.7 Å². The Morgan fingerprint density at radius 2 is 1.64 bits per heavy atom. The highest BCUT2D eigenvalue weighted by Gasteiger charge is 2.71. The first-order chi connectivity index (χ1) is 30.2. The Hall–Kier alpha value is -6.86. The maximum atomic E-state index is 15.5. The molecule has 0 unspecified atom stereocenters. The zero-order chi connectivity index (χ0) is 46.3. The molecule has 0 spiro atoms. The lowest BCUT2D eigenvalue weighted by atomic mass is 9.49. The van der Waals surface area contributed by atoms with E-state index in [1.54, 1.807) is 30.4 Å². The SMILES string of the molecule is C=CCc1cccc([C@H]2C3=CC[C@@H]4C(=O)N(c5cc([N+](=O)[O-])c(N(C)C)c([N+](=O)[O-])c5)C(=O)[C@@H]4[C@@H]3C[C@H]3C(=O)N(Nc4ncc(C(F)(F)F)cc4Cl)C(=O)[C@@]23c2ccc(Cl)cc2)c1O. The van der Waals surface area contributed by atoms with Gasteiger partial charge in [0, 0.05) is 48.9 Å². The molecule has 16 nitrogen and oxygen atoms in total. The highest BCUT2D eigenvalue weighted by atomic mass is 35.5. The quantitative estimate of drug-likeness (QED) is 0.0673. The lowest BCUT2D eigenvalue weighted by molar-refractivity contribution is -0.392. The van der Waals surface area contributed by atoms with Crippen LogP contribution in [0.2, 0.25) is 10.0 Å². The van der Waals surface area contributed by atoms with Crippen molar-refractivity contribution < 1.29 is 47.3 Å². The molecular weight excluding hydrogens is 886 g/mol. The van der Waals surface area contributed by atoms with Gasteiger partial charge in [-0.3, -0.25) is 44.8 Å². The van der Waals surface area contributed by atoms with E-state index in [1.807, 2.05) is 0 Å². The standard InChI is InChI=1S/C43H34Cl2F3N7O9/c1-4-6-20-7-5-8-27(36(20)56)34-25-13-14-26-33(40(59)52(38(26)57)24-16-31(54(61)62)35(51(2)3)32(17-24)55(63)64)28(25)18-29-39(58)53(41(60)42(29,34)21-9-11-23(44)12-10-21)50-37-30(45)15-22(19-49-37)43(46,47)48/h4-5,7-13,15-17,19,26,28-29,33-34,56H,1,6,14,18H2,2-3H3,(H,49,50)/t26-,28+,29-,33-,34+,42+/m0/s1. The van der Waals surface area contributed by atoms with Crippen LogP contribution in [-0.2, 0) is 37.2 Å². The monoisotopic (exact) mass is 919 g/mol. The second kappa shape index (κ2) is 15.7. The lowest BCUT2D eigenvalue weighted by Crippen LogP contribution is -2.53. The summed E-state index contributed by atoms with van der Waals surface area (Å²) < 4.78 is 40.7. The molecule has 0 bridgehead atoms. The van der Waals surface area contributed by atoms with Crippen molar-refractivity contribution in [3.05, 3.63) is 144 Å². The van der Waals surface area contributed by atoms with Gasteiger partial charge in [0.2, 0.25) is 11.8 Å². The molecule has 2 saturated heterocycles. The fourth-order valence-corrected chi connectivity index (χ4v) is 10.3. The van der Waals surface area contributed by atoms with Crippen LogP contribution in [0.25, 0.3) is 0 Å². The van der Waals surface area contributed by atoms with Crippen molar-refractivity contribution in [3.8, 4) is 5.75 Å². The number of aromatic nitrogens is 1. The maximum Gasteiger partial charge on any atom is 0.417 e. The number of hydrazine groups is 1. The van der Waals surface area contributed by atoms with E-state index in [-0.39, 0.29) is 46.8 Å². The molecule has 21 heteroatoms. The number of nitrogens with zero attached hydrogens (tertiary/aromatic N) is 6. The van der Waals surface area contributed by atoms with Gasteiger partial charge in [0.25, 0.3) is 11.8 Å². The van der Waals surface area contributed by atoms with E-state index < -0.39 is 108 Å². The third-order valence-electron chi connectivity index (χ3n) is 12.5. The number of nitrogens with one attached hydrogen (secondary N) is 1. The lowest BCUT2D eigenvalue weighted by Gasteiger charge is -2.50. The van der Waals surface area contributed by atoms with E-state index in [0.717, 1.165) is 17.0 Å². The van der Waals surface area contributed by atoms with Gasteiger partial charge in [-0.05, 0) is 54.5 Å². The molecule has 3 aromatic carbocycles. The van der Waals surface area contributed by atoms with E-state index in [1.165, 1.54) is 38.4 Å². The number of benzene rings is 3. The minimum atomic E-state index is -4.83. The van der Waals surface area contributed by atoms with Crippen molar-refractivity contribution in [2.45, 2.75) is 36.8 Å². The summed E-state index contributed by atoms with van der Waals surface area (Å²) in [6, 6.07) is 13.2. The second-order valence-corrected chi connectivity index (χ2v) is 16.9. The Kier molecular flexibility index (Phi) is 10.8. The Bertz CT molecular complexity index is 2730. The van der Waals surface area contributed by atoms with Gasteiger partial charge in [0.05, 0.1) is 49.3 Å². The minimum absolute atomic E-state index is 0.127. The number of amides is 4. The van der Waals surface area contributed by atoms with Crippen LogP contribution in [0, 0.1) is 43.9 Å². The summed E-state index contributed by atoms with van der Waals surface area (Å²) in [6.45, 7) is 3.77. The Morgan fingerprint density at radius 3 is 2.22 bits per heavy atom. The van der Waals surface area contributed by atoms with Crippen LogP contribution in [-0.4, -0.2) is 62.7 Å². The number of aromatic hydroxyl groups is 1. The number of hydrogen-bond donors (Lipinski definition) is 2. The number of rotatable bonds is 10. The summed E-state index contributed by atoms with van der Waals surface area (Å²) >= 11 is 12.6. The molecule has 1 saturated carbocycles. The molecule has 3 heterocycles. The van der Waals surface area contributed by atoms with E-state index in [0.29, 0.717) is 33.3 Å². The highest BCUT2D eigenvalue weighted by Crippen LogP contribution is 2.65. The van der Waals surface area contributed by atoms with Crippen molar-refractivity contribution >= 4 is 75.4 Å². The zero-order valence-electron chi connectivity index (χ0n) is 33.5. The first-order valence-corrected chi connectivity index (χ1v) is 20.3. The fraction of sp³-hybridized carbons (Fsp3) is 0.279. The predicted molar refractivity (Wildman–Crippen MR) is 225 cm³/mol. The number of allylic oxidation sites excluding steroid dienone is 3. The topological polar surface area (TPSA) is 209 Å². The average Bonchev–Trinajstić information content (AvgIpc) is 3.62. The predicted octanol–water partition coefficient (Wildman–Crippen LogP) is 7.91. The molecule has 3 fully saturated rings. The fourth-order valence-electron chi connectivity index (χ4n) is 10.0. The summed E-state index contributed by atoms with van der Waals surface area (Å²) in [5, 5.41) is 36.9. The summed E-state index contributed by atoms with van der Waals surface area (Å²) in [5.74, 6) is -10.4. The van der Waals surface area contributed by atoms with Crippen molar-refractivity contribution in [3.63, 3.8) is 0 Å². The molecule has 330 valence electrons. The molecule has 2 aliphatic heterocycles. The van der Waals surface area contributed by atoms with E-state index >= 15 is 9.59 Å². The van der Waals surface area contributed by atoms with Crippen molar-refractivity contribution in [1.29, 1.82) is 0 Å². The number of imide groups is 2. The van der Waals surface area contributed by atoms with Crippen LogP contribution in [0.3, 0.4) is 0 Å². The van der Waals surface area contributed by atoms with Gasteiger partial charge in [0.1, 0.15) is 5.75 Å². The number of fused-ring (bicyclic) bond motifs is 4. The average molecular weight is 921 g/mol. The van der Waals surface area contributed by atoms with Gasteiger partial charge in [0.15, 0.2) is 11.5 Å². The van der Waals surface area contributed by atoms with Crippen LogP contribution in [0.1, 0.15) is 41.0 Å². The summed E-state index contributed by atoms with van der Waals surface area (Å²) in [5.41, 5.74) is -1.73. The van der Waals surface area contributed by atoms with Crippen LogP contribution in [0.15, 0.2) is 91.2 Å². The molecule has 8 rings (SSSR count). The van der Waals surface area contributed by atoms with E-state index in [9.17, 15) is 48.1 Å². The molecule has 4 aromatic rings. The number of halogens is 5. The second-order valence-electron chi connectivity index (χ2n) is 16.0. The van der Waals surface area contributed by atoms with Crippen LogP contribution < -0.4 is 15.2 Å². The van der Waals surface area contributed by atoms with Crippen molar-refractivity contribution in [1.82, 2.24) is 9.99 Å². The largest absolute Gasteiger partial charge is 0.507 e. The first kappa shape index (κ1) is 43.8. The number of carbonyl (C=O) groups excluding carboxylic acids is 4. The summed E-state index contributed by atoms with van der Waals surface area (Å²) in [7, 11) is 2.72. The van der Waals surface area contributed by atoms with Crippen LogP contribution >= 0.6 is 23.2 Å². The van der Waals surface area contributed by atoms with Gasteiger partial charge in [-0.25, -0.2) is 9.88 Å². The number of alkyl halides is 3. The molecule has 1 aromatic heterocycles. The molecule has 0 radical (unpaired) electrons. The third kappa shape index (κ3) is 6.63. The molecule has 2 aliphatic carbocycles. The number of anilines is 3. The maximum absolute atomic E-state index is 15.5. The zero-order valence-corrected chi connectivity index (χ0v) is 35.0. The first-order valence-electron chi connectivity index (χ1n) is 19.5. The van der Waals surface area contributed by atoms with Crippen LogP contribution in [0.5, 0.6) is 5.75 Å². The van der Waals surface area contributed by atoms with Gasteiger partial charge in [-0.1, -0.05) is 71.3 Å². The molecule has 4 amide bonds. The van der Waals surface area contributed by atoms with Gasteiger partial charge < -0.3 is 10.0 Å². The van der Waals surface area contributed by atoms with E-state index in [2.05, 4.69) is 17.0 Å². The highest BCUT2D eigenvalue weighted by molar-refractivity contribution is 6.33. The summed E-state index contributed by atoms with van der Waals surface area (Å²) in [4.78, 5) is 88.3. The number of para-hydroxylation sites is 1. The number of nitro groups is 2. The number of phenolic OH excluding ortho intramolecular Hbond substituents is 1. The Balaban J connectivity index is 1.32. The number of phenols is 1. The molecule has 64 heavy (non-hydrogen) atoms. The minimum Gasteiger partial charge on any atom is -0.507 e.